The van der Waals surface area contributed by atoms with Crippen molar-refractivity contribution in [2.75, 3.05) is 13.2 Å². The van der Waals surface area contributed by atoms with Crippen molar-refractivity contribution in [3.63, 3.8) is 0 Å². The van der Waals surface area contributed by atoms with Crippen LogP contribution in [0.15, 0.2) is 36.5 Å². The summed E-state index contributed by atoms with van der Waals surface area (Å²) in [6.07, 6.45) is 80.6. The van der Waals surface area contributed by atoms with Gasteiger partial charge in [-0.15, -0.1) is 0 Å². The Bertz CT molecular complexity index is 1200. The molecule has 0 spiro atoms. The maximum Gasteiger partial charge on any atom is 0.305 e. The summed E-state index contributed by atoms with van der Waals surface area (Å²) in [6, 6.07) is -0.630. The zero-order chi connectivity index (χ0) is 53.6. The molecular weight excluding hydrogens is 911 g/mol. The third kappa shape index (κ3) is 59.3. The van der Waals surface area contributed by atoms with E-state index in [1.807, 2.05) is 6.08 Å². The number of hydrogen-bond donors (Lipinski definition) is 3. The maximum absolute atomic E-state index is 12.5. The molecule has 0 aromatic rings. The van der Waals surface area contributed by atoms with Crippen molar-refractivity contribution in [3.05, 3.63) is 36.5 Å². The second-order valence-electron chi connectivity index (χ2n) is 22.8. The van der Waals surface area contributed by atoms with Crippen LogP contribution in [0, 0.1) is 0 Å². The molecule has 0 aliphatic rings. The Hall–Kier alpha value is -1.92. The van der Waals surface area contributed by atoms with Crippen LogP contribution in [0.5, 0.6) is 0 Å². The van der Waals surface area contributed by atoms with E-state index in [-0.39, 0.29) is 18.5 Å². The highest BCUT2D eigenvalue weighted by atomic mass is 16.5. The highest BCUT2D eigenvalue weighted by molar-refractivity contribution is 5.76. The minimum atomic E-state index is -0.847. The molecule has 2 atom stereocenters. The van der Waals surface area contributed by atoms with Gasteiger partial charge in [0.15, 0.2) is 0 Å². The number of aliphatic hydroxyl groups is 2. The van der Waals surface area contributed by atoms with Gasteiger partial charge < -0.3 is 20.3 Å². The molecule has 2 unspecified atom stereocenters. The quantitative estimate of drug-likeness (QED) is 0.0320. The molecule has 3 N–H and O–H groups in total. The summed E-state index contributed by atoms with van der Waals surface area (Å²) >= 11 is 0. The van der Waals surface area contributed by atoms with Gasteiger partial charge in [0.25, 0.3) is 0 Å². The molecule has 0 aliphatic heterocycles. The lowest BCUT2D eigenvalue weighted by molar-refractivity contribution is -0.143. The van der Waals surface area contributed by atoms with Crippen LogP contribution in [0.2, 0.25) is 0 Å². The van der Waals surface area contributed by atoms with Crippen molar-refractivity contribution in [1.29, 1.82) is 0 Å². The fraction of sp³-hybridized carbons (Fsp3) is 0.882. The second-order valence-corrected chi connectivity index (χ2v) is 22.8. The summed E-state index contributed by atoms with van der Waals surface area (Å²) in [4.78, 5) is 24.6. The first kappa shape index (κ1) is 72.1. The second kappa shape index (κ2) is 63.6. The van der Waals surface area contributed by atoms with Gasteiger partial charge in [-0.05, 0) is 57.8 Å². The van der Waals surface area contributed by atoms with E-state index in [2.05, 4.69) is 43.5 Å². The summed E-state index contributed by atoms with van der Waals surface area (Å²) in [5.41, 5.74) is 0. The number of ether oxygens (including phenoxy) is 1. The van der Waals surface area contributed by atoms with Crippen LogP contribution in [-0.4, -0.2) is 47.4 Å². The number of carbonyl (C=O) groups is 2. The number of unbranched alkanes of at least 4 members (excludes halogenated alkanes) is 47. The average Bonchev–Trinajstić information content (AvgIpc) is 3.40. The van der Waals surface area contributed by atoms with Crippen molar-refractivity contribution < 1.29 is 24.5 Å². The fourth-order valence-corrected chi connectivity index (χ4v) is 10.3. The molecule has 0 aliphatic carbocycles. The molecule has 0 bridgehead atoms. The lowest BCUT2D eigenvalue weighted by atomic mass is 10.0. The molecule has 0 heterocycles. The largest absolute Gasteiger partial charge is 0.466 e. The normalized spacial score (nSPS) is 12.8. The molecule has 0 radical (unpaired) electrons. The van der Waals surface area contributed by atoms with E-state index in [9.17, 15) is 19.8 Å². The van der Waals surface area contributed by atoms with Gasteiger partial charge in [-0.25, -0.2) is 0 Å². The summed E-state index contributed by atoms with van der Waals surface area (Å²) in [7, 11) is 0. The molecule has 0 saturated heterocycles. The third-order valence-electron chi connectivity index (χ3n) is 15.4. The van der Waals surface area contributed by atoms with E-state index < -0.39 is 12.1 Å². The molecule has 0 saturated carbocycles. The maximum atomic E-state index is 12.5. The van der Waals surface area contributed by atoms with Gasteiger partial charge in [0.1, 0.15) is 0 Å². The Morgan fingerprint density at radius 1 is 0.378 bits per heavy atom. The highest BCUT2D eigenvalue weighted by Crippen LogP contribution is 2.18. The van der Waals surface area contributed by atoms with Crippen LogP contribution in [0.1, 0.15) is 361 Å². The van der Waals surface area contributed by atoms with E-state index in [1.54, 1.807) is 6.08 Å². The van der Waals surface area contributed by atoms with Gasteiger partial charge in [-0.2, -0.15) is 0 Å². The van der Waals surface area contributed by atoms with Gasteiger partial charge in [0.2, 0.25) is 5.91 Å². The number of esters is 1. The lowest BCUT2D eigenvalue weighted by Crippen LogP contribution is -2.45. The van der Waals surface area contributed by atoms with E-state index in [0.29, 0.717) is 19.4 Å². The number of carbonyl (C=O) groups excluding carboxylic acids is 2. The monoisotopic (exact) mass is 1040 g/mol. The van der Waals surface area contributed by atoms with E-state index in [4.69, 9.17) is 4.74 Å². The Morgan fingerprint density at radius 3 is 1.08 bits per heavy atom. The van der Waals surface area contributed by atoms with Crippen LogP contribution in [0.4, 0.5) is 0 Å². The van der Waals surface area contributed by atoms with E-state index >= 15 is 0 Å². The number of hydrogen-bond acceptors (Lipinski definition) is 5. The zero-order valence-corrected chi connectivity index (χ0v) is 49.8. The van der Waals surface area contributed by atoms with Crippen LogP contribution >= 0.6 is 0 Å². The smallest absolute Gasteiger partial charge is 0.305 e. The number of nitrogens with one attached hydrogen (secondary N) is 1. The van der Waals surface area contributed by atoms with E-state index in [0.717, 1.165) is 51.4 Å². The lowest BCUT2D eigenvalue weighted by Gasteiger charge is -2.20. The number of rotatable bonds is 62. The number of amides is 1. The number of allylic oxidation sites excluding steroid dienone is 5. The molecule has 1 amide bonds. The molecule has 436 valence electrons. The molecule has 6 heteroatoms. The van der Waals surface area contributed by atoms with E-state index in [1.165, 1.54) is 283 Å². The molecule has 6 nitrogen and oxygen atoms in total. The van der Waals surface area contributed by atoms with Crippen LogP contribution in [0.3, 0.4) is 0 Å². The van der Waals surface area contributed by atoms with Gasteiger partial charge in [0, 0.05) is 12.8 Å². The summed E-state index contributed by atoms with van der Waals surface area (Å²) < 4.78 is 5.47. The first-order chi connectivity index (χ1) is 36.5. The average molecular weight is 1040 g/mol. The molecule has 74 heavy (non-hydrogen) atoms. The van der Waals surface area contributed by atoms with Gasteiger partial charge in [-0.3, -0.25) is 9.59 Å². The van der Waals surface area contributed by atoms with Crippen molar-refractivity contribution in [2.45, 2.75) is 373 Å². The third-order valence-corrected chi connectivity index (χ3v) is 15.4. The highest BCUT2D eigenvalue weighted by Gasteiger charge is 2.18. The minimum absolute atomic E-state index is 0.00360. The van der Waals surface area contributed by atoms with Crippen LogP contribution < -0.4 is 5.32 Å². The Balaban J connectivity index is 3.43. The Morgan fingerprint density at radius 2 is 0.703 bits per heavy atom. The summed E-state index contributed by atoms with van der Waals surface area (Å²) in [5.74, 6) is -0.0694. The predicted molar refractivity (Wildman–Crippen MR) is 324 cm³/mol. The van der Waals surface area contributed by atoms with Gasteiger partial charge in [-0.1, -0.05) is 326 Å². The standard InChI is InChI=1S/C68H129NO5/c1-3-5-7-9-11-13-15-17-18-19-20-21-22-24-27-30-33-37-40-44-48-52-56-60-66(71)65(64-70)69-67(72)61-57-53-49-45-41-38-34-31-28-25-23-26-29-32-35-39-43-47-51-55-59-63-74-68(73)62-58-54-50-46-42-36-16-14-12-10-8-6-4-2/h8,10,14,16,56,60,65-66,70-71H,3-7,9,11-13,15,17-55,57-59,61-64H2,1-2H3,(H,69,72)/b10-8-,16-14-,60-56+. The Labute approximate surface area is 462 Å². The van der Waals surface area contributed by atoms with Gasteiger partial charge >= 0.3 is 5.97 Å². The molecule has 0 fully saturated rings. The molecule has 0 aromatic carbocycles. The first-order valence-corrected chi connectivity index (χ1v) is 33.3. The first-order valence-electron chi connectivity index (χ1n) is 33.3. The molecular formula is C68H129NO5. The van der Waals surface area contributed by atoms with Crippen LogP contribution in [0.25, 0.3) is 0 Å². The topological polar surface area (TPSA) is 95.9 Å². The zero-order valence-electron chi connectivity index (χ0n) is 49.8. The van der Waals surface area contributed by atoms with Crippen LogP contribution in [-0.2, 0) is 14.3 Å². The van der Waals surface area contributed by atoms with Crippen molar-refractivity contribution in [2.24, 2.45) is 0 Å². The summed E-state index contributed by atoms with van der Waals surface area (Å²) in [6.45, 7) is 4.86. The van der Waals surface area contributed by atoms with Crippen molar-refractivity contribution in [3.8, 4) is 0 Å². The van der Waals surface area contributed by atoms with Crippen molar-refractivity contribution in [1.82, 2.24) is 5.32 Å². The Kier molecular flexibility index (Phi) is 62.0. The van der Waals surface area contributed by atoms with Gasteiger partial charge in [0.05, 0.1) is 25.4 Å². The molecule has 0 aromatic heterocycles. The predicted octanol–water partition coefficient (Wildman–Crippen LogP) is 21.1. The summed E-state index contributed by atoms with van der Waals surface area (Å²) in [5, 5.41) is 23.2. The fourth-order valence-electron chi connectivity index (χ4n) is 10.3. The number of aliphatic hydroxyl groups excluding tert-OH is 2. The minimum Gasteiger partial charge on any atom is -0.466 e. The molecule has 0 rings (SSSR count). The van der Waals surface area contributed by atoms with Crippen molar-refractivity contribution >= 4 is 11.9 Å². The SMILES string of the molecule is CCC/C=C\C/C=C\CCCCCCCC(=O)OCCCCCCCCCCCCCCCCCCCCCCCC(=O)NC(CO)C(O)/C=C/CCCCCCCCCCCCCCCCCCCCCCC.